The van der Waals surface area contributed by atoms with Crippen molar-refractivity contribution >= 4 is 11.6 Å². The Morgan fingerprint density at radius 2 is 2.28 bits per heavy atom. The molecule has 1 aliphatic heterocycles. The molecular formula is C14H20N2O2. The van der Waals surface area contributed by atoms with Crippen LogP contribution in [-0.4, -0.2) is 29.2 Å². The van der Waals surface area contributed by atoms with Crippen molar-refractivity contribution in [2.45, 2.75) is 38.3 Å². The number of carbonyl (C=O) groups is 1. The maximum atomic E-state index is 12.0. The molecule has 1 aromatic rings. The SMILES string of the molecule is CCC(C)(O)CNC(=O)C1Cc2ccccc2N1. The van der Waals surface area contributed by atoms with E-state index in [2.05, 4.69) is 10.6 Å². The fourth-order valence-electron chi connectivity index (χ4n) is 1.98. The van der Waals surface area contributed by atoms with Gasteiger partial charge in [0.05, 0.1) is 5.60 Å². The van der Waals surface area contributed by atoms with Gasteiger partial charge >= 0.3 is 0 Å². The third-order valence-corrected chi connectivity index (χ3v) is 3.49. The minimum atomic E-state index is -0.832. The van der Waals surface area contributed by atoms with Gasteiger partial charge in [0.1, 0.15) is 6.04 Å². The minimum Gasteiger partial charge on any atom is -0.388 e. The molecule has 2 unspecified atom stereocenters. The van der Waals surface area contributed by atoms with Crippen LogP contribution >= 0.6 is 0 Å². The predicted molar refractivity (Wildman–Crippen MR) is 71.5 cm³/mol. The molecule has 0 saturated carbocycles. The van der Waals surface area contributed by atoms with Crippen molar-refractivity contribution in [3.05, 3.63) is 29.8 Å². The summed E-state index contributed by atoms with van der Waals surface area (Å²) in [4.78, 5) is 12.0. The standard InChI is InChI=1S/C14H20N2O2/c1-3-14(2,18)9-15-13(17)12-8-10-6-4-5-7-11(10)16-12/h4-7,12,16,18H,3,8-9H2,1-2H3,(H,15,17). The van der Waals surface area contributed by atoms with E-state index in [0.717, 1.165) is 5.69 Å². The van der Waals surface area contributed by atoms with Crippen LogP contribution in [0.1, 0.15) is 25.8 Å². The van der Waals surface area contributed by atoms with Crippen LogP contribution in [0, 0.1) is 0 Å². The molecule has 0 radical (unpaired) electrons. The van der Waals surface area contributed by atoms with Gasteiger partial charge in [-0.05, 0) is 25.0 Å². The number of nitrogens with one attached hydrogen (secondary N) is 2. The third-order valence-electron chi connectivity index (χ3n) is 3.49. The monoisotopic (exact) mass is 248 g/mol. The number of para-hydroxylation sites is 1. The number of aliphatic hydroxyl groups is 1. The fraction of sp³-hybridized carbons (Fsp3) is 0.500. The molecule has 1 heterocycles. The van der Waals surface area contributed by atoms with Crippen LogP contribution < -0.4 is 10.6 Å². The third kappa shape index (κ3) is 2.82. The zero-order valence-corrected chi connectivity index (χ0v) is 10.9. The lowest BCUT2D eigenvalue weighted by Crippen LogP contribution is -2.45. The van der Waals surface area contributed by atoms with Crippen molar-refractivity contribution in [3.63, 3.8) is 0 Å². The van der Waals surface area contributed by atoms with Crippen molar-refractivity contribution < 1.29 is 9.90 Å². The number of hydrogen-bond acceptors (Lipinski definition) is 3. The first kappa shape index (κ1) is 12.9. The highest BCUT2D eigenvalue weighted by Gasteiger charge is 2.27. The van der Waals surface area contributed by atoms with E-state index in [9.17, 15) is 9.90 Å². The molecule has 0 bridgehead atoms. The molecule has 0 saturated heterocycles. The van der Waals surface area contributed by atoms with Crippen LogP contribution in [0.25, 0.3) is 0 Å². The molecule has 1 aromatic carbocycles. The zero-order valence-electron chi connectivity index (χ0n) is 10.9. The second-order valence-electron chi connectivity index (χ2n) is 5.13. The summed E-state index contributed by atoms with van der Waals surface area (Å²) >= 11 is 0. The molecule has 2 atom stereocenters. The lowest BCUT2D eigenvalue weighted by molar-refractivity contribution is -0.122. The quantitative estimate of drug-likeness (QED) is 0.752. The molecule has 98 valence electrons. The summed E-state index contributed by atoms with van der Waals surface area (Å²) < 4.78 is 0. The summed E-state index contributed by atoms with van der Waals surface area (Å²) in [5, 5.41) is 15.8. The first-order valence-corrected chi connectivity index (χ1v) is 6.36. The van der Waals surface area contributed by atoms with E-state index in [1.54, 1.807) is 6.92 Å². The molecule has 0 spiro atoms. The van der Waals surface area contributed by atoms with E-state index in [0.29, 0.717) is 12.8 Å². The molecule has 0 fully saturated rings. The Hall–Kier alpha value is -1.55. The molecule has 1 aliphatic rings. The van der Waals surface area contributed by atoms with Gasteiger partial charge in [-0.15, -0.1) is 0 Å². The van der Waals surface area contributed by atoms with Crippen molar-refractivity contribution in [2.75, 3.05) is 11.9 Å². The lowest BCUT2D eigenvalue weighted by atomic mass is 10.0. The van der Waals surface area contributed by atoms with Gasteiger partial charge in [0.25, 0.3) is 0 Å². The highest BCUT2D eigenvalue weighted by Crippen LogP contribution is 2.25. The lowest BCUT2D eigenvalue weighted by Gasteiger charge is -2.22. The molecule has 3 N–H and O–H groups in total. The number of carbonyl (C=O) groups excluding carboxylic acids is 1. The minimum absolute atomic E-state index is 0.0556. The Kier molecular flexibility index (Phi) is 3.57. The maximum Gasteiger partial charge on any atom is 0.242 e. The van der Waals surface area contributed by atoms with E-state index in [-0.39, 0.29) is 18.5 Å². The summed E-state index contributed by atoms with van der Waals surface area (Å²) in [7, 11) is 0. The van der Waals surface area contributed by atoms with Crippen LogP contribution in [-0.2, 0) is 11.2 Å². The number of benzene rings is 1. The van der Waals surface area contributed by atoms with Gasteiger partial charge in [-0.3, -0.25) is 4.79 Å². The zero-order chi connectivity index (χ0) is 13.2. The number of anilines is 1. The first-order chi connectivity index (χ1) is 8.52. The summed E-state index contributed by atoms with van der Waals surface area (Å²) in [5.74, 6) is -0.0556. The second kappa shape index (κ2) is 4.98. The largest absolute Gasteiger partial charge is 0.388 e. The number of hydrogen-bond donors (Lipinski definition) is 3. The average molecular weight is 248 g/mol. The topological polar surface area (TPSA) is 61.4 Å². The number of rotatable bonds is 4. The normalized spacial score (nSPS) is 20.7. The van der Waals surface area contributed by atoms with Crippen molar-refractivity contribution in [1.29, 1.82) is 0 Å². The van der Waals surface area contributed by atoms with Crippen molar-refractivity contribution in [1.82, 2.24) is 5.32 Å². The Labute approximate surface area is 107 Å². The van der Waals surface area contributed by atoms with E-state index < -0.39 is 5.60 Å². The van der Waals surface area contributed by atoms with E-state index in [4.69, 9.17) is 0 Å². The van der Waals surface area contributed by atoms with Crippen LogP contribution in [0.3, 0.4) is 0 Å². The molecule has 2 rings (SSSR count). The summed E-state index contributed by atoms with van der Waals surface area (Å²) in [6, 6.07) is 7.70. The van der Waals surface area contributed by atoms with Crippen molar-refractivity contribution in [2.24, 2.45) is 0 Å². The van der Waals surface area contributed by atoms with Crippen LogP contribution in [0.2, 0.25) is 0 Å². The molecule has 4 heteroatoms. The second-order valence-corrected chi connectivity index (χ2v) is 5.13. The van der Waals surface area contributed by atoms with Gasteiger partial charge in [-0.1, -0.05) is 25.1 Å². The number of amides is 1. The smallest absolute Gasteiger partial charge is 0.242 e. The fourth-order valence-corrected chi connectivity index (χ4v) is 1.98. The van der Waals surface area contributed by atoms with Gasteiger partial charge in [0.2, 0.25) is 5.91 Å². The molecule has 0 aromatic heterocycles. The van der Waals surface area contributed by atoms with Gasteiger partial charge in [0.15, 0.2) is 0 Å². The Morgan fingerprint density at radius 1 is 1.56 bits per heavy atom. The Morgan fingerprint density at radius 3 is 2.94 bits per heavy atom. The highest BCUT2D eigenvalue weighted by molar-refractivity contribution is 5.87. The molecule has 1 amide bonds. The summed E-state index contributed by atoms with van der Waals surface area (Å²) in [6.07, 6.45) is 1.32. The van der Waals surface area contributed by atoms with Gasteiger partial charge in [-0.2, -0.15) is 0 Å². The van der Waals surface area contributed by atoms with E-state index >= 15 is 0 Å². The molecule has 18 heavy (non-hydrogen) atoms. The molecular weight excluding hydrogens is 228 g/mol. The van der Waals surface area contributed by atoms with Gasteiger partial charge < -0.3 is 15.7 Å². The Bertz CT molecular complexity index is 418. The average Bonchev–Trinajstić information content (AvgIpc) is 2.80. The number of fused-ring (bicyclic) bond motifs is 1. The van der Waals surface area contributed by atoms with Crippen molar-refractivity contribution in [3.8, 4) is 0 Å². The van der Waals surface area contributed by atoms with Crippen LogP contribution in [0.5, 0.6) is 0 Å². The first-order valence-electron chi connectivity index (χ1n) is 6.36. The molecule has 4 nitrogen and oxygen atoms in total. The van der Waals surface area contributed by atoms with E-state index in [1.165, 1.54) is 5.56 Å². The van der Waals surface area contributed by atoms with Crippen LogP contribution in [0.4, 0.5) is 5.69 Å². The van der Waals surface area contributed by atoms with E-state index in [1.807, 2.05) is 31.2 Å². The Balaban J connectivity index is 1.90. The van der Waals surface area contributed by atoms with Gasteiger partial charge in [0, 0.05) is 18.7 Å². The maximum absolute atomic E-state index is 12.0. The summed E-state index contributed by atoms with van der Waals surface area (Å²) in [6.45, 7) is 3.91. The van der Waals surface area contributed by atoms with Crippen LogP contribution in [0.15, 0.2) is 24.3 Å². The predicted octanol–water partition coefficient (Wildman–Crippen LogP) is 1.30. The van der Waals surface area contributed by atoms with Gasteiger partial charge in [-0.25, -0.2) is 0 Å². The molecule has 0 aliphatic carbocycles. The summed E-state index contributed by atoms with van der Waals surface area (Å²) in [5.41, 5.74) is 1.36. The highest BCUT2D eigenvalue weighted by atomic mass is 16.3.